The first-order valence-electron chi connectivity index (χ1n) is 6.85. The molecule has 0 aliphatic carbocycles. The van der Waals surface area contributed by atoms with Crippen LogP contribution in [0.4, 0.5) is 11.4 Å². The van der Waals surface area contributed by atoms with Crippen molar-refractivity contribution >= 4 is 27.3 Å². The van der Waals surface area contributed by atoms with Gasteiger partial charge in [0.25, 0.3) is 5.69 Å². The van der Waals surface area contributed by atoms with Gasteiger partial charge in [-0.15, -0.1) is 0 Å². The van der Waals surface area contributed by atoms with Crippen molar-refractivity contribution < 1.29 is 4.92 Å². The fourth-order valence-corrected chi connectivity index (χ4v) is 3.42. The highest BCUT2D eigenvalue weighted by Gasteiger charge is 2.28. The third-order valence-corrected chi connectivity index (χ3v) is 4.66. The van der Waals surface area contributed by atoms with Crippen molar-refractivity contribution in [2.45, 2.75) is 32.7 Å². The summed E-state index contributed by atoms with van der Waals surface area (Å²) in [6, 6.07) is 3.79. The molecule has 1 heterocycles. The fraction of sp³-hybridized carbons (Fsp3) is 0.571. The molecule has 0 aromatic heterocycles. The molecule has 5 nitrogen and oxygen atoms in total. The number of piperidine rings is 1. The van der Waals surface area contributed by atoms with Crippen LogP contribution >= 0.6 is 15.9 Å². The van der Waals surface area contributed by atoms with Crippen LogP contribution in [-0.2, 0) is 0 Å². The van der Waals surface area contributed by atoms with Crippen molar-refractivity contribution in [1.82, 2.24) is 0 Å². The van der Waals surface area contributed by atoms with Gasteiger partial charge in [0.15, 0.2) is 0 Å². The summed E-state index contributed by atoms with van der Waals surface area (Å²) in [5.74, 6) is 0.678. The summed E-state index contributed by atoms with van der Waals surface area (Å²) in [5, 5.41) is 11.0. The van der Waals surface area contributed by atoms with Crippen LogP contribution in [0.25, 0.3) is 0 Å². The van der Waals surface area contributed by atoms with E-state index in [1.807, 2.05) is 6.07 Å². The third kappa shape index (κ3) is 2.96. The zero-order valence-corrected chi connectivity index (χ0v) is 13.4. The SMILES string of the molecule is Cc1cc(N2CCC(C)CC2CN)c(Br)cc1[N+](=O)[O-]. The minimum absolute atomic E-state index is 0.148. The Hall–Kier alpha value is -1.14. The van der Waals surface area contributed by atoms with Gasteiger partial charge in [-0.05, 0) is 47.7 Å². The zero-order valence-electron chi connectivity index (χ0n) is 11.8. The van der Waals surface area contributed by atoms with E-state index in [-0.39, 0.29) is 10.6 Å². The van der Waals surface area contributed by atoms with E-state index in [4.69, 9.17) is 5.73 Å². The largest absolute Gasteiger partial charge is 0.366 e. The number of benzene rings is 1. The number of nitrogens with zero attached hydrogens (tertiary/aromatic N) is 2. The Balaban J connectivity index is 2.37. The molecule has 1 aliphatic heterocycles. The van der Waals surface area contributed by atoms with Gasteiger partial charge in [0.05, 0.1) is 10.6 Å². The van der Waals surface area contributed by atoms with E-state index < -0.39 is 0 Å². The van der Waals surface area contributed by atoms with Crippen LogP contribution in [0.5, 0.6) is 0 Å². The molecule has 0 bridgehead atoms. The first-order valence-corrected chi connectivity index (χ1v) is 7.64. The van der Waals surface area contributed by atoms with Gasteiger partial charge in [-0.2, -0.15) is 0 Å². The Bertz CT molecular complexity index is 521. The van der Waals surface area contributed by atoms with Gasteiger partial charge in [0.2, 0.25) is 0 Å². The minimum Gasteiger partial charge on any atom is -0.366 e. The van der Waals surface area contributed by atoms with Crippen LogP contribution in [0.1, 0.15) is 25.3 Å². The summed E-state index contributed by atoms with van der Waals surface area (Å²) in [6.07, 6.45) is 2.19. The van der Waals surface area contributed by atoms with Crippen LogP contribution in [-0.4, -0.2) is 24.1 Å². The zero-order chi connectivity index (χ0) is 14.9. The van der Waals surface area contributed by atoms with E-state index in [0.717, 1.165) is 29.5 Å². The van der Waals surface area contributed by atoms with Crippen LogP contribution in [0.3, 0.4) is 0 Å². The molecule has 2 atom stereocenters. The first kappa shape index (κ1) is 15.3. The monoisotopic (exact) mass is 341 g/mol. The van der Waals surface area contributed by atoms with E-state index in [9.17, 15) is 10.1 Å². The summed E-state index contributed by atoms with van der Waals surface area (Å²) in [7, 11) is 0. The van der Waals surface area contributed by atoms with Crippen molar-refractivity contribution in [2.24, 2.45) is 11.7 Å². The number of anilines is 1. The van der Waals surface area contributed by atoms with Crippen molar-refractivity contribution in [3.8, 4) is 0 Å². The van der Waals surface area contributed by atoms with E-state index in [2.05, 4.69) is 27.8 Å². The minimum atomic E-state index is -0.345. The second kappa shape index (κ2) is 6.10. The topological polar surface area (TPSA) is 72.4 Å². The van der Waals surface area contributed by atoms with Gasteiger partial charge in [-0.3, -0.25) is 10.1 Å². The number of halogens is 1. The molecule has 0 spiro atoms. The number of rotatable bonds is 3. The maximum Gasteiger partial charge on any atom is 0.273 e. The molecule has 1 aromatic carbocycles. The Labute approximate surface area is 127 Å². The van der Waals surface area contributed by atoms with Crippen molar-refractivity contribution in [3.05, 3.63) is 32.3 Å². The highest BCUT2D eigenvalue weighted by molar-refractivity contribution is 9.10. The van der Waals surface area contributed by atoms with Crippen molar-refractivity contribution in [1.29, 1.82) is 0 Å². The second-order valence-electron chi connectivity index (χ2n) is 5.56. The Morgan fingerprint density at radius 1 is 1.55 bits per heavy atom. The fourth-order valence-electron chi connectivity index (χ4n) is 2.86. The molecule has 1 fully saturated rings. The van der Waals surface area contributed by atoms with E-state index in [1.54, 1.807) is 13.0 Å². The molecule has 1 aliphatic rings. The molecule has 0 amide bonds. The maximum atomic E-state index is 11.0. The molecular formula is C14H20BrN3O2. The van der Waals surface area contributed by atoms with Gasteiger partial charge in [-0.1, -0.05) is 6.92 Å². The normalized spacial score (nSPS) is 22.9. The predicted octanol–water partition coefficient (Wildman–Crippen LogP) is 3.23. The first-order chi connectivity index (χ1) is 9.43. The average molecular weight is 342 g/mol. The Morgan fingerprint density at radius 2 is 2.25 bits per heavy atom. The van der Waals surface area contributed by atoms with Crippen molar-refractivity contribution in [3.63, 3.8) is 0 Å². The summed E-state index contributed by atoms with van der Waals surface area (Å²) >= 11 is 3.47. The standard InChI is InChI=1S/C14H20BrN3O2/c1-9-3-4-17(11(5-9)8-16)14-6-10(2)13(18(19)20)7-12(14)15/h6-7,9,11H,3-5,8,16H2,1-2H3. The van der Waals surface area contributed by atoms with E-state index in [1.165, 1.54) is 0 Å². The van der Waals surface area contributed by atoms with Crippen LogP contribution in [0.15, 0.2) is 16.6 Å². The lowest BCUT2D eigenvalue weighted by Gasteiger charge is -2.40. The van der Waals surface area contributed by atoms with E-state index in [0.29, 0.717) is 24.1 Å². The lowest BCUT2D eigenvalue weighted by atomic mass is 9.92. The summed E-state index contributed by atoms with van der Waals surface area (Å²) in [6.45, 7) is 5.57. The number of hydrogen-bond acceptors (Lipinski definition) is 4. The second-order valence-corrected chi connectivity index (χ2v) is 6.41. The van der Waals surface area contributed by atoms with Gasteiger partial charge >= 0.3 is 0 Å². The van der Waals surface area contributed by atoms with Crippen molar-refractivity contribution in [2.75, 3.05) is 18.0 Å². The molecule has 1 aromatic rings. The van der Waals surface area contributed by atoms with Crippen LogP contribution < -0.4 is 10.6 Å². The lowest BCUT2D eigenvalue weighted by Crippen LogP contribution is -2.46. The summed E-state index contributed by atoms with van der Waals surface area (Å²) < 4.78 is 0.766. The molecule has 20 heavy (non-hydrogen) atoms. The highest BCUT2D eigenvalue weighted by Crippen LogP contribution is 2.36. The lowest BCUT2D eigenvalue weighted by molar-refractivity contribution is -0.385. The molecule has 6 heteroatoms. The summed E-state index contributed by atoms with van der Waals surface area (Å²) in [4.78, 5) is 12.9. The molecule has 1 saturated heterocycles. The molecular weight excluding hydrogens is 322 g/mol. The molecule has 0 saturated carbocycles. The average Bonchev–Trinajstić information content (AvgIpc) is 2.40. The Kier molecular flexibility index (Phi) is 4.65. The molecule has 0 radical (unpaired) electrons. The van der Waals surface area contributed by atoms with Crippen LogP contribution in [0.2, 0.25) is 0 Å². The smallest absolute Gasteiger partial charge is 0.273 e. The Morgan fingerprint density at radius 3 is 2.85 bits per heavy atom. The number of nitro benzene ring substituents is 1. The van der Waals surface area contributed by atoms with Gasteiger partial charge in [-0.25, -0.2) is 0 Å². The van der Waals surface area contributed by atoms with Gasteiger partial charge in [0, 0.05) is 35.2 Å². The number of aryl methyl sites for hydroxylation is 1. The third-order valence-electron chi connectivity index (χ3n) is 4.02. The quantitative estimate of drug-likeness (QED) is 0.676. The van der Waals surface area contributed by atoms with Gasteiger partial charge < -0.3 is 10.6 Å². The van der Waals surface area contributed by atoms with Gasteiger partial charge in [0.1, 0.15) is 0 Å². The molecule has 2 unspecified atom stereocenters. The van der Waals surface area contributed by atoms with E-state index >= 15 is 0 Å². The number of nitrogens with two attached hydrogens (primary N) is 1. The summed E-state index contributed by atoms with van der Waals surface area (Å²) in [5.41, 5.74) is 7.74. The number of nitro groups is 1. The molecule has 2 rings (SSSR count). The van der Waals surface area contributed by atoms with Crippen LogP contribution in [0, 0.1) is 23.0 Å². The molecule has 2 N–H and O–H groups in total. The molecule has 110 valence electrons. The predicted molar refractivity (Wildman–Crippen MR) is 84.1 cm³/mol. The highest BCUT2D eigenvalue weighted by atomic mass is 79.9. The number of hydrogen-bond donors (Lipinski definition) is 1. The maximum absolute atomic E-state index is 11.0.